The monoisotopic (exact) mass is 483 g/mol. The third-order valence-corrected chi connectivity index (χ3v) is 7.73. The van der Waals surface area contributed by atoms with Crippen LogP contribution in [0, 0.1) is 12.7 Å². The number of benzene rings is 2. The van der Waals surface area contributed by atoms with Gasteiger partial charge >= 0.3 is 6.03 Å². The van der Waals surface area contributed by atoms with E-state index in [1.54, 1.807) is 43.0 Å². The van der Waals surface area contributed by atoms with E-state index in [4.69, 9.17) is 12.2 Å². The molecule has 2 N–H and O–H groups in total. The van der Waals surface area contributed by atoms with Crippen LogP contribution in [0.2, 0.25) is 0 Å². The highest BCUT2D eigenvalue weighted by Crippen LogP contribution is 2.43. The van der Waals surface area contributed by atoms with Crippen LogP contribution in [0.1, 0.15) is 25.0 Å². The Morgan fingerprint density at radius 3 is 2.39 bits per heavy atom. The average Bonchev–Trinajstić information content (AvgIpc) is 2.90. The number of nitrogens with one attached hydrogen (secondary N) is 1. The lowest BCUT2D eigenvalue weighted by atomic mass is 10.1. The molecular weight excluding hydrogens is 461 g/mol. The molecule has 1 saturated heterocycles. The number of thiocarbonyl (C=S) groups is 1. The van der Waals surface area contributed by atoms with Crippen LogP contribution in [0.4, 0.5) is 9.18 Å². The zero-order valence-corrected chi connectivity index (χ0v) is 19.5. The first-order valence-corrected chi connectivity index (χ1v) is 12.0. The Morgan fingerprint density at radius 2 is 1.81 bits per heavy atom. The summed E-state index contributed by atoms with van der Waals surface area (Å²) in [6.45, 7) is 5.58. The maximum absolute atomic E-state index is 13.2. The Morgan fingerprint density at radius 1 is 1.23 bits per heavy atom. The Balaban J connectivity index is 1.82. The van der Waals surface area contributed by atoms with E-state index in [9.17, 15) is 22.8 Å². The van der Waals surface area contributed by atoms with Crippen LogP contribution in [0.15, 0.2) is 53.4 Å². The number of carbonyl (C=O) groups excluding carboxylic acids is 1. The van der Waals surface area contributed by atoms with Gasteiger partial charge in [-0.3, -0.25) is 5.21 Å². The lowest BCUT2D eigenvalue weighted by Gasteiger charge is -2.36. The highest BCUT2D eigenvalue weighted by Gasteiger charge is 2.49. The highest BCUT2D eigenvalue weighted by atomic mass is 32.2. The van der Waals surface area contributed by atoms with Crippen molar-refractivity contribution in [3.8, 4) is 0 Å². The summed E-state index contributed by atoms with van der Waals surface area (Å²) in [6.07, 6.45) is -0.955. The molecule has 2 aromatic rings. The minimum absolute atomic E-state index is 0.0985. The first kappa shape index (κ1) is 23.5. The van der Waals surface area contributed by atoms with Gasteiger partial charge in [-0.05, 0) is 50.6 Å². The van der Waals surface area contributed by atoms with Crippen molar-refractivity contribution < 1.29 is 22.8 Å². The Kier molecular flexibility index (Phi) is 6.61. The van der Waals surface area contributed by atoms with Crippen molar-refractivity contribution in [1.82, 2.24) is 14.7 Å². The molecule has 166 valence electrons. The zero-order valence-electron chi connectivity index (χ0n) is 17.1. The molecular formula is C20H22FN3O4S3. The lowest BCUT2D eigenvalue weighted by Crippen LogP contribution is -2.57. The Labute approximate surface area is 190 Å². The zero-order chi connectivity index (χ0) is 23.0. The molecule has 0 unspecified atom stereocenters. The predicted octanol–water partition coefficient (Wildman–Crippen LogP) is 3.86. The molecule has 1 aliphatic heterocycles. The molecule has 2 aromatic carbocycles. The second-order valence-electron chi connectivity index (χ2n) is 7.67. The largest absolute Gasteiger partial charge is 0.357 e. The van der Waals surface area contributed by atoms with Gasteiger partial charge in [0.05, 0.1) is 9.64 Å². The second-order valence-corrected chi connectivity index (χ2v) is 11.6. The summed E-state index contributed by atoms with van der Waals surface area (Å²) < 4.78 is 39.9. The molecule has 1 atom stereocenters. The summed E-state index contributed by atoms with van der Waals surface area (Å²) in [7, 11) is -4.18. The summed E-state index contributed by atoms with van der Waals surface area (Å²) in [6, 6.07) is 10.5. The predicted molar refractivity (Wildman–Crippen MR) is 121 cm³/mol. The average molecular weight is 484 g/mol. The second kappa shape index (κ2) is 8.73. The molecule has 7 nitrogen and oxygen atoms in total. The number of thioether (sulfide) groups is 1. The number of aryl methyl sites for hydroxylation is 1. The molecule has 2 amide bonds. The fraction of sp³-hybridized carbons (Fsp3) is 0.300. The summed E-state index contributed by atoms with van der Waals surface area (Å²) in [5.74, 6) is -0.386. The van der Waals surface area contributed by atoms with Crippen LogP contribution in [0.25, 0.3) is 0 Å². The van der Waals surface area contributed by atoms with Crippen LogP contribution >= 0.6 is 24.0 Å². The van der Waals surface area contributed by atoms with Crippen molar-refractivity contribution in [3.05, 3.63) is 65.5 Å². The topological polar surface area (TPSA) is 90.0 Å². The van der Waals surface area contributed by atoms with E-state index < -0.39 is 27.0 Å². The van der Waals surface area contributed by atoms with Gasteiger partial charge in [0, 0.05) is 6.54 Å². The lowest BCUT2D eigenvalue weighted by molar-refractivity contribution is -0.118. The number of nitrogens with zero attached hydrogens (tertiary/aromatic N) is 2. The number of hydrogen-bond acceptors (Lipinski definition) is 6. The van der Waals surface area contributed by atoms with Crippen molar-refractivity contribution in [2.75, 3.05) is 0 Å². The standard InChI is InChI=1S/C20H22FN3O4S3/c1-13-4-10-16(11-5-13)31(27,28)22-18(25)24(26)17-20(2,3)30-19(29)23(17)12-14-6-8-15(21)9-7-14/h4-11,17,26H,12H2,1-3H3,(H,22,25)/t17-/m1/s1. The molecule has 0 radical (unpaired) electrons. The van der Waals surface area contributed by atoms with Crippen molar-refractivity contribution in [3.63, 3.8) is 0 Å². The van der Waals surface area contributed by atoms with Crippen molar-refractivity contribution >= 4 is 44.4 Å². The van der Waals surface area contributed by atoms with E-state index >= 15 is 0 Å². The molecule has 11 heteroatoms. The third-order valence-electron chi connectivity index (χ3n) is 4.76. The summed E-state index contributed by atoms with van der Waals surface area (Å²) in [4.78, 5) is 14.2. The van der Waals surface area contributed by atoms with Gasteiger partial charge in [0.1, 0.15) is 16.3 Å². The molecule has 0 saturated carbocycles. The Hall–Kier alpha value is -2.21. The molecule has 0 spiro atoms. The smallest absolute Gasteiger partial charge is 0.329 e. The van der Waals surface area contributed by atoms with Gasteiger partial charge in [0.2, 0.25) is 0 Å². The van der Waals surface area contributed by atoms with E-state index in [1.165, 1.54) is 36.0 Å². The number of amides is 2. The molecule has 0 aliphatic carbocycles. The number of urea groups is 1. The maximum Gasteiger partial charge on any atom is 0.357 e. The van der Waals surface area contributed by atoms with E-state index in [0.717, 1.165) is 5.56 Å². The van der Waals surface area contributed by atoms with Gasteiger partial charge in [-0.2, -0.15) is 5.06 Å². The van der Waals surface area contributed by atoms with Crippen molar-refractivity contribution in [1.29, 1.82) is 0 Å². The molecule has 3 rings (SSSR count). The maximum atomic E-state index is 13.2. The van der Waals surface area contributed by atoms with Crippen LogP contribution in [-0.2, 0) is 16.6 Å². The van der Waals surface area contributed by atoms with E-state index in [0.29, 0.717) is 14.9 Å². The molecule has 1 aliphatic rings. The normalized spacial score (nSPS) is 18.2. The minimum Gasteiger partial charge on any atom is -0.329 e. The van der Waals surface area contributed by atoms with Crippen LogP contribution < -0.4 is 4.72 Å². The first-order valence-electron chi connectivity index (χ1n) is 9.26. The van der Waals surface area contributed by atoms with Crippen LogP contribution in [0.3, 0.4) is 0 Å². The van der Waals surface area contributed by atoms with Gasteiger partial charge in [-0.15, -0.1) is 0 Å². The fourth-order valence-electron chi connectivity index (χ4n) is 3.22. The molecule has 1 heterocycles. The van der Waals surface area contributed by atoms with E-state index in [1.807, 2.05) is 11.6 Å². The summed E-state index contributed by atoms with van der Waals surface area (Å²) in [5, 5.41) is 11.0. The molecule has 1 fully saturated rings. The highest BCUT2D eigenvalue weighted by molar-refractivity contribution is 8.24. The van der Waals surface area contributed by atoms with Crippen molar-refractivity contribution in [2.24, 2.45) is 0 Å². The quantitative estimate of drug-likeness (QED) is 0.379. The number of rotatable bonds is 5. The van der Waals surface area contributed by atoms with Gasteiger partial charge in [0.15, 0.2) is 0 Å². The van der Waals surface area contributed by atoms with Gasteiger partial charge in [0.25, 0.3) is 10.0 Å². The number of sulfonamides is 1. The van der Waals surface area contributed by atoms with Gasteiger partial charge in [-0.1, -0.05) is 53.8 Å². The van der Waals surface area contributed by atoms with Gasteiger partial charge in [-0.25, -0.2) is 22.3 Å². The van der Waals surface area contributed by atoms with Crippen LogP contribution in [-0.4, -0.2) is 44.9 Å². The first-order chi connectivity index (χ1) is 14.4. The minimum atomic E-state index is -4.18. The fourth-order valence-corrected chi connectivity index (χ4v) is 6.03. The SMILES string of the molecule is Cc1ccc(S(=O)(=O)NC(=O)N(O)[C@H]2N(Cc3ccc(F)cc3)C(=S)SC2(C)C)cc1. The number of halogens is 1. The molecule has 0 aromatic heterocycles. The molecule has 31 heavy (non-hydrogen) atoms. The summed E-state index contributed by atoms with van der Waals surface area (Å²) >= 11 is 6.70. The number of hydroxylamine groups is 2. The van der Waals surface area contributed by atoms with Crippen molar-refractivity contribution in [2.45, 2.75) is 43.1 Å². The van der Waals surface area contributed by atoms with E-state index in [2.05, 4.69) is 0 Å². The summed E-state index contributed by atoms with van der Waals surface area (Å²) in [5.41, 5.74) is 1.58. The Bertz CT molecular complexity index is 1090. The number of hydrogen-bond donors (Lipinski definition) is 2. The third kappa shape index (κ3) is 5.17. The van der Waals surface area contributed by atoms with Crippen LogP contribution in [0.5, 0.6) is 0 Å². The molecule has 0 bridgehead atoms. The van der Waals surface area contributed by atoms with E-state index in [-0.39, 0.29) is 17.3 Å². The number of carbonyl (C=O) groups is 1. The van der Waals surface area contributed by atoms with Gasteiger partial charge < -0.3 is 4.90 Å².